The molecule has 1 heterocycles. The third-order valence-electron chi connectivity index (χ3n) is 3.16. The molecular formula is C14H20N2O2S. The Balaban J connectivity index is 1.82. The summed E-state index contributed by atoms with van der Waals surface area (Å²) in [5.74, 6) is 0.640. The normalized spacial score (nSPS) is 18.1. The molecule has 0 aromatic heterocycles. The van der Waals surface area contributed by atoms with Crippen molar-refractivity contribution in [2.24, 2.45) is 5.73 Å². The predicted molar refractivity (Wildman–Crippen MR) is 78.1 cm³/mol. The molecule has 0 radical (unpaired) electrons. The number of nitrogens with zero attached hydrogens (tertiary/aromatic N) is 1. The van der Waals surface area contributed by atoms with Crippen LogP contribution in [0.2, 0.25) is 0 Å². The van der Waals surface area contributed by atoms with E-state index in [0.717, 1.165) is 44.2 Å². The van der Waals surface area contributed by atoms with E-state index in [4.69, 9.17) is 10.5 Å². The Kier molecular flexibility index (Phi) is 5.69. The first kappa shape index (κ1) is 14.4. The second kappa shape index (κ2) is 7.53. The summed E-state index contributed by atoms with van der Waals surface area (Å²) in [7, 11) is 0. The fourth-order valence-electron chi connectivity index (χ4n) is 2.09. The zero-order chi connectivity index (χ0) is 13.5. The lowest BCUT2D eigenvalue weighted by Gasteiger charge is -2.26. The largest absolute Gasteiger partial charge is 0.379 e. The van der Waals surface area contributed by atoms with E-state index in [-0.39, 0.29) is 11.2 Å². The maximum Gasteiger partial charge on any atom is 0.235 e. The maximum absolute atomic E-state index is 11.5. The highest BCUT2D eigenvalue weighted by atomic mass is 32.2. The average molecular weight is 280 g/mol. The average Bonchev–Trinajstić information content (AvgIpc) is 2.45. The maximum atomic E-state index is 11.5. The molecular weight excluding hydrogens is 260 g/mol. The van der Waals surface area contributed by atoms with Crippen LogP contribution in [0.3, 0.4) is 0 Å². The number of morpholine rings is 1. The zero-order valence-corrected chi connectivity index (χ0v) is 11.8. The number of benzene rings is 1. The minimum absolute atomic E-state index is 0.248. The number of hydrogen-bond acceptors (Lipinski definition) is 4. The standard InChI is InChI=1S/C14H20N2O2S/c15-14(17)13(12-4-2-1-3-5-12)19-11-8-16-6-9-18-10-7-16/h1-5,13H,6-11H2,(H2,15,17). The Morgan fingerprint density at radius 3 is 2.63 bits per heavy atom. The van der Waals surface area contributed by atoms with Gasteiger partial charge in [-0.05, 0) is 5.56 Å². The molecule has 1 aromatic rings. The quantitative estimate of drug-likeness (QED) is 0.853. The van der Waals surface area contributed by atoms with Crippen LogP contribution in [0.1, 0.15) is 10.8 Å². The third-order valence-corrected chi connectivity index (χ3v) is 4.41. The lowest BCUT2D eigenvalue weighted by atomic mass is 10.1. The Labute approximate surface area is 118 Å². The van der Waals surface area contributed by atoms with Gasteiger partial charge in [-0.3, -0.25) is 9.69 Å². The second-order valence-corrected chi connectivity index (χ2v) is 5.73. The number of ether oxygens (including phenoxy) is 1. The second-order valence-electron chi connectivity index (χ2n) is 4.52. The van der Waals surface area contributed by atoms with Crippen LogP contribution >= 0.6 is 11.8 Å². The fraction of sp³-hybridized carbons (Fsp3) is 0.500. The highest BCUT2D eigenvalue weighted by molar-refractivity contribution is 8.00. The van der Waals surface area contributed by atoms with E-state index >= 15 is 0 Å². The van der Waals surface area contributed by atoms with Gasteiger partial charge in [0.1, 0.15) is 5.25 Å². The molecule has 2 rings (SSSR count). The van der Waals surface area contributed by atoms with Crippen molar-refractivity contribution < 1.29 is 9.53 Å². The summed E-state index contributed by atoms with van der Waals surface area (Å²) in [5, 5.41) is -0.248. The molecule has 4 nitrogen and oxygen atoms in total. The fourth-order valence-corrected chi connectivity index (χ4v) is 3.21. The highest BCUT2D eigenvalue weighted by Gasteiger charge is 2.18. The molecule has 1 unspecified atom stereocenters. The van der Waals surface area contributed by atoms with Crippen molar-refractivity contribution in [2.75, 3.05) is 38.6 Å². The molecule has 0 bridgehead atoms. The Morgan fingerprint density at radius 1 is 1.32 bits per heavy atom. The van der Waals surface area contributed by atoms with Crippen LogP contribution in [0.25, 0.3) is 0 Å². The summed E-state index contributed by atoms with van der Waals surface area (Å²) in [6, 6.07) is 9.73. The van der Waals surface area contributed by atoms with E-state index in [1.54, 1.807) is 11.8 Å². The number of primary amides is 1. The molecule has 0 aliphatic carbocycles. The van der Waals surface area contributed by atoms with Crippen molar-refractivity contribution >= 4 is 17.7 Å². The third kappa shape index (κ3) is 4.53. The molecule has 2 N–H and O–H groups in total. The monoisotopic (exact) mass is 280 g/mol. The van der Waals surface area contributed by atoms with Crippen molar-refractivity contribution in [3.05, 3.63) is 35.9 Å². The van der Waals surface area contributed by atoms with Gasteiger partial charge in [-0.15, -0.1) is 11.8 Å². The van der Waals surface area contributed by atoms with Gasteiger partial charge in [0, 0.05) is 25.4 Å². The van der Waals surface area contributed by atoms with Gasteiger partial charge in [0.15, 0.2) is 0 Å². The molecule has 1 aliphatic heterocycles. The minimum atomic E-state index is -0.266. The van der Waals surface area contributed by atoms with Gasteiger partial charge in [-0.1, -0.05) is 30.3 Å². The number of thioether (sulfide) groups is 1. The first-order valence-corrected chi connectivity index (χ1v) is 7.58. The summed E-state index contributed by atoms with van der Waals surface area (Å²) in [5.41, 5.74) is 6.48. The number of nitrogens with two attached hydrogens (primary N) is 1. The topological polar surface area (TPSA) is 55.6 Å². The van der Waals surface area contributed by atoms with Crippen LogP contribution in [0.5, 0.6) is 0 Å². The van der Waals surface area contributed by atoms with Gasteiger partial charge in [-0.2, -0.15) is 0 Å². The molecule has 1 aromatic carbocycles. The Hall–Kier alpha value is -1.04. The number of amides is 1. The van der Waals surface area contributed by atoms with Gasteiger partial charge in [0.2, 0.25) is 5.91 Å². The SMILES string of the molecule is NC(=O)C(SCCN1CCOCC1)c1ccccc1. The summed E-state index contributed by atoms with van der Waals surface area (Å²) in [6.07, 6.45) is 0. The minimum Gasteiger partial charge on any atom is -0.379 e. The molecule has 5 heteroatoms. The smallest absolute Gasteiger partial charge is 0.235 e. The molecule has 19 heavy (non-hydrogen) atoms. The van der Waals surface area contributed by atoms with E-state index in [0.29, 0.717) is 0 Å². The van der Waals surface area contributed by atoms with Crippen molar-refractivity contribution in [2.45, 2.75) is 5.25 Å². The highest BCUT2D eigenvalue weighted by Crippen LogP contribution is 2.28. The van der Waals surface area contributed by atoms with Gasteiger partial charge < -0.3 is 10.5 Å². The number of carbonyl (C=O) groups excluding carboxylic acids is 1. The number of hydrogen-bond donors (Lipinski definition) is 1. The molecule has 0 saturated carbocycles. The van der Waals surface area contributed by atoms with Crippen LogP contribution in [0, 0.1) is 0 Å². The lowest BCUT2D eigenvalue weighted by Crippen LogP contribution is -2.37. The van der Waals surface area contributed by atoms with Gasteiger partial charge >= 0.3 is 0 Å². The van der Waals surface area contributed by atoms with Crippen LogP contribution < -0.4 is 5.73 Å². The van der Waals surface area contributed by atoms with Crippen molar-refractivity contribution in [1.29, 1.82) is 0 Å². The van der Waals surface area contributed by atoms with Gasteiger partial charge in [-0.25, -0.2) is 0 Å². The predicted octanol–water partition coefficient (Wildman–Crippen LogP) is 1.28. The summed E-state index contributed by atoms with van der Waals surface area (Å²) in [6.45, 7) is 4.55. The number of rotatable bonds is 6. The first-order chi connectivity index (χ1) is 9.27. The lowest BCUT2D eigenvalue weighted by molar-refractivity contribution is -0.117. The summed E-state index contributed by atoms with van der Waals surface area (Å²) >= 11 is 1.62. The van der Waals surface area contributed by atoms with E-state index in [1.807, 2.05) is 30.3 Å². The van der Waals surface area contributed by atoms with Crippen LogP contribution in [-0.4, -0.2) is 49.4 Å². The van der Waals surface area contributed by atoms with E-state index < -0.39 is 0 Å². The molecule has 0 spiro atoms. The van der Waals surface area contributed by atoms with E-state index in [9.17, 15) is 4.79 Å². The van der Waals surface area contributed by atoms with Crippen LogP contribution in [-0.2, 0) is 9.53 Å². The Bertz CT molecular complexity index is 394. The van der Waals surface area contributed by atoms with E-state index in [1.165, 1.54) is 0 Å². The molecule has 1 fully saturated rings. The summed E-state index contributed by atoms with van der Waals surface area (Å²) < 4.78 is 5.31. The molecule has 1 amide bonds. The molecule has 1 atom stereocenters. The van der Waals surface area contributed by atoms with E-state index in [2.05, 4.69) is 4.90 Å². The Morgan fingerprint density at radius 2 is 2.00 bits per heavy atom. The van der Waals surface area contributed by atoms with Crippen molar-refractivity contribution in [3.63, 3.8) is 0 Å². The number of carbonyl (C=O) groups is 1. The zero-order valence-electron chi connectivity index (χ0n) is 11.0. The molecule has 104 valence electrons. The van der Waals surface area contributed by atoms with Crippen molar-refractivity contribution in [3.8, 4) is 0 Å². The molecule has 1 saturated heterocycles. The van der Waals surface area contributed by atoms with Crippen LogP contribution in [0.15, 0.2) is 30.3 Å². The van der Waals surface area contributed by atoms with Crippen molar-refractivity contribution in [1.82, 2.24) is 4.90 Å². The van der Waals surface area contributed by atoms with Gasteiger partial charge in [0.05, 0.1) is 13.2 Å². The van der Waals surface area contributed by atoms with Crippen LogP contribution in [0.4, 0.5) is 0 Å². The first-order valence-electron chi connectivity index (χ1n) is 6.53. The summed E-state index contributed by atoms with van der Waals surface area (Å²) in [4.78, 5) is 13.9. The van der Waals surface area contributed by atoms with Gasteiger partial charge in [0.25, 0.3) is 0 Å². The molecule has 1 aliphatic rings.